The molecule has 0 aliphatic rings. The number of halogens is 3. The quantitative estimate of drug-likeness (QED) is 0.562. The van der Waals surface area contributed by atoms with Gasteiger partial charge >= 0.3 is 6.18 Å². The predicted octanol–water partition coefficient (Wildman–Crippen LogP) is 5.24. The van der Waals surface area contributed by atoms with Crippen LogP contribution in [0.1, 0.15) is 28.5 Å². The summed E-state index contributed by atoms with van der Waals surface area (Å²) in [4.78, 5) is 30.8. The van der Waals surface area contributed by atoms with Gasteiger partial charge < -0.3 is 10.2 Å². The molecule has 1 N–H and O–H groups in total. The fourth-order valence-corrected chi connectivity index (χ4v) is 3.69. The average molecular weight is 447 g/mol. The highest BCUT2D eigenvalue weighted by molar-refractivity contribution is 7.13. The molecule has 2 amide bonds. The van der Waals surface area contributed by atoms with Crippen molar-refractivity contribution in [3.63, 3.8) is 0 Å². The van der Waals surface area contributed by atoms with E-state index in [1.165, 1.54) is 34.4 Å². The highest BCUT2D eigenvalue weighted by Gasteiger charge is 2.33. The van der Waals surface area contributed by atoms with E-state index < -0.39 is 23.6 Å². The summed E-state index contributed by atoms with van der Waals surface area (Å²) in [5.74, 6) is -1.18. The van der Waals surface area contributed by atoms with E-state index in [9.17, 15) is 22.8 Å². The summed E-state index contributed by atoms with van der Waals surface area (Å²) >= 11 is 1.31. The van der Waals surface area contributed by atoms with Gasteiger partial charge in [-0.3, -0.25) is 9.59 Å². The monoisotopic (exact) mass is 447 g/mol. The number of aryl methyl sites for hydroxylation is 1. The zero-order valence-electron chi connectivity index (χ0n) is 16.9. The Morgan fingerprint density at radius 2 is 1.77 bits per heavy atom. The molecule has 5 nitrogen and oxygen atoms in total. The van der Waals surface area contributed by atoms with Crippen LogP contribution in [0.15, 0.2) is 53.9 Å². The fraction of sp³-hybridized carbons (Fsp3) is 0.227. The molecule has 0 saturated heterocycles. The summed E-state index contributed by atoms with van der Waals surface area (Å²) < 4.78 is 39.4. The van der Waals surface area contributed by atoms with Crippen molar-refractivity contribution in [1.82, 2.24) is 9.88 Å². The average Bonchev–Trinajstić information content (AvgIpc) is 3.22. The summed E-state index contributed by atoms with van der Waals surface area (Å²) in [6.45, 7) is 3.46. The summed E-state index contributed by atoms with van der Waals surface area (Å²) in [5.41, 5.74) is 0.871. The lowest BCUT2D eigenvalue weighted by atomic mass is 10.1. The first-order valence-corrected chi connectivity index (χ1v) is 10.3. The smallest absolute Gasteiger partial charge is 0.328 e. The Morgan fingerprint density at radius 1 is 1.10 bits per heavy atom. The van der Waals surface area contributed by atoms with Crippen molar-refractivity contribution in [2.45, 2.75) is 20.0 Å². The van der Waals surface area contributed by atoms with Crippen molar-refractivity contribution in [1.29, 1.82) is 0 Å². The number of hydrogen-bond donors (Lipinski definition) is 1. The Hall–Kier alpha value is -3.20. The second-order valence-electron chi connectivity index (χ2n) is 6.81. The summed E-state index contributed by atoms with van der Waals surface area (Å²) in [7, 11) is 0. The van der Waals surface area contributed by atoms with Gasteiger partial charge in [0.1, 0.15) is 17.2 Å². The van der Waals surface area contributed by atoms with E-state index in [1.807, 2.05) is 31.2 Å². The van der Waals surface area contributed by atoms with E-state index in [2.05, 4.69) is 10.3 Å². The third-order valence-electron chi connectivity index (χ3n) is 4.53. The van der Waals surface area contributed by atoms with Gasteiger partial charge in [-0.2, -0.15) is 13.2 Å². The van der Waals surface area contributed by atoms with Gasteiger partial charge in [0.15, 0.2) is 0 Å². The molecule has 3 aromatic rings. The number of carbonyl (C=O) groups is 2. The second-order valence-corrected chi connectivity index (χ2v) is 7.67. The van der Waals surface area contributed by atoms with Gasteiger partial charge in [-0.1, -0.05) is 42.0 Å². The van der Waals surface area contributed by atoms with Gasteiger partial charge in [-0.25, -0.2) is 4.98 Å². The molecule has 1 heterocycles. The largest absolute Gasteiger partial charge is 0.418 e. The number of hydrogen-bond acceptors (Lipinski definition) is 4. The van der Waals surface area contributed by atoms with Crippen LogP contribution in [0.5, 0.6) is 0 Å². The predicted molar refractivity (Wildman–Crippen MR) is 114 cm³/mol. The van der Waals surface area contributed by atoms with Crippen LogP contribution in [-0.2, 0) is 11.0 Å². The third-order valence-corrected chi connectivity index (χ3v) is 5.42. The molecule has 0 unspecified atom stereocenters. The topological polar surface area (TPSA) is 62.3 Å². The van der Waals surface area contributed by atoms with Gasteiger partial charge in [0.25, 0.3) is 5.91 Å². The molecule has 0 spiro atoms. The van der Waals surface area contributed by atoms with Crippen molar-refractivity contribution >= 4 is 28.8 Å². The van der Waals surface area contributed by atoms with Crippen LogP contribution in [0.4, 0.5) is 18.9 Å². The zero-order valence-corrected chi connectivity index (χ0v) is 17.7. The van der Waals surface area contributed by atoms with Crippen LogP contribution in [0.3, 0.4) is 0 Å². The molecule has 0 fully saturated rings. The maximum atomic E-state index is 13.1. The molecule has 3 rings (SSSR count). The lowest BCUT2D eigenvalue weighted by Crippen LogP contribution is -2.38. The Balaban J connectivity index is 1.71. The summed E-state index contributed by atoms with van der Waals surface area (Å²) in [6, 6.07) is 12.4. The van der Waals surface area contributed by atoms with Crippen LogP contribution in [0.25, 0.3) is 10.6 Å². The minimum atomic E-state index is -4.60. The Kier molecular flexibility index (Phi) is 6.74. The minimum absolute atomic E-state index is 0.186. The van der Waals surface area contributed by atoms with Gasteiger partial charge in [0, 0.05) is 17.5 Å². The second kappa shape index (κ2) is 9.30. The number of para-hydroxylation sites is 1. The summed E-state index contributed by atoms with van der Waals surface area (Å²) in [6.07, 6.45) is -4.60. The lowest BCUT2D eigenvalue weighted by Gasteiger charge is -2.20. The molecule has 9 heteroatoms. The summed E-state index contributed by atoms with van der Waals surface area (Å²) in [5, 5.41) is 4.53. The molecule has 0 aliphatic heterocycles. The van der Waals surface area contributed by atoms with E-state index in [0.717, 1.165) is 17.2 Å². The number of nitrogens with one attached hydrogen (secondary N) is 1. The van der Waals surface area contributed by atoms with Gasteiger partial charge in [0.2, 0.25) is 5.91 Å². The molecular weight excluding hydrogens is 427 g/mol. The number of alkyl halides is 3. The maximum absolute atomic E-state index is 13.1. The van der Waals surface area contributed by atoms with Crippen LogP contribution < -0.4 is 5.32 Å². The van der Waals surface area contributed by atoms with Crippen molar-refractivity contribution < 1.29 is 22.8 Å². The molecule has 0 saturated carbocycles. The molecule has 0 bridgehead atoms. The normalized spacial score (nSPS) is 11.3. The van der Waals surface area contributed by atoms with E-state index in [-0.39, 0.29) is 24.5 Å². The molecule has 2 aromatic carbocycles. The highest BCUT2D eigenvalue weighted by Crippen LogP contribution is 2.34. The van der Waals surface area contributed by atoms with Crippen LogP contribution in [-0.4, -0.2) is 34.8 Å². The van der Waals surface area contributed by atoms with Gasteiger partial charge in [-0.05, 0) is 26.0 Å². The first-order valence-electron chi connectivity index (χ1n) is 9.47. The number of benzene rings is 2. The van der Waals surface area contributed by atoms with Crippen molar-refractivity contribution in [3.05, 3.63) is 70.7 Å². The van der Waals surface area contributed by atoms with E-state index >= 15 is 0 Å². The standard InChI is InChI=1S/C22H20F3N3O2S/c1-3-28(12-19(29)26-17-7-5-4-6-16(17)22(23,24)25)21(30)18-13-31-20(27-18)15-10-8-14(2)9-11-15/h4-11,13H,3,12H2,1-2H3,(H,26,29). The van der Waals surface area contributed by atoms with Crippen LogP contribution in [0.2, 0.25) is 0 Å². The maximum Gasteiger partial charge on any atom is 0.418 e. The number of nitrogens with zero attached hydrogens (tertiary/aromatic N) is 2. The highest BCUT2D eigenvalue weighted by atomic mass is 32.1. The fourth-order valence-electron chi connectivity index (χ4n) is 2.89. The van der Waals surface area contributed by atoms with E-state index in [0.29, 0.717) is 5.01 Å². The van der Waals surface area contributed by atoms with E-state index in [4.69, 9.17) is 0 Å². The third kappa shape index (κ3) is 5.49. The molecular formula is C22H20F3N3O2S. The molecule has 31 heavy (non-hydrogen) atoms. The number of anilines is 1. The minimum Gasteiger partial charge on any atom is -0.328 e. The zero-order chi connectivity index (χ0) is 22.6. The number of thiazole rings is 1. The molecule has 0 aliphatic carbocycles. The van der Waals surface area contributed by atoms with Gasteiger partial charge in [0.05, 0.1) is 11.3 Å². The van der Waals surface area contributed by atoms with Crippen LogP contribution >= 0.6 is 11.3 Å². The molecule has 162 valence electrons. The number of carbonyl (C=O) groups excluding carboxylic acids is 2. The number of aromatic nitrogens is 1. The Morgan fingerprint density at radius 3 is 2.42 bits per heavy atom. The van der Waals surface area contributed by atoms with Crippen LogP contribution in [0, 0.1) is 6.92 Å². The first kappa shape index (κ1) is 22.5. The number of likely N-dealkylation sites (N-methyl/N-ethyl adjacent to an activating group) is 1. The van der Waals surface area contributed by atoms with Gasteiger partial charge in [-0.15, -0.1) is 11.3 Å². The molecule has 0 radical (unpaired) electrons. The molecule has 0 atom stereocenters. The Bertz CT molecular complexity index is 1080. The van der Waals surface area contributed by atoms with E-state index in [1.54, 1.807) is 12.3 Å². The SMILES string of the molecule is CCN(CC(=O)Nc1ccccc1C(F)(F)F)C(=O)c1csc(-c2ccc(C)cc2)n1. The lowest BCUT2D eigenvalue weighted by molar-refractivity contribution is -0.137. The first-order chi connectivity index (χ1) is 14.7. The number of amides is 2. The number of rotatable bonds is 6. The van der Waals surface area contributed by atoms with Crippen molar-refractivity contribution in [3.8, 4) is 10.6 Å². The Labute approximate surface area is 181 Å². The van der Waals surface area contributed by atoms with Crippen molar-refractivity contribution in [2.75, 3.05) is 18.4 Å². The van der Waals surface area contributed by atoms with Crippen molar-refractivity contribution in [2.24, 2.45) is 0 Å². The molecule has 1 aromatic heterocycles.